The number of methoxy groups -OCH3 is 1. The molecular weight excluding hydrogens is 390 g/mol. The van der Waals surface area contributed by atoms with Crippen LogP contribution < -0.4 is 0 Å². The number of hydrogen-bond donors (Lipinski definition) is 2. The maximum Gasteiger partial charge on any atom is 0.407 e. The van der Waals surface area contributed by atoms with Gasteiger partial charge < -0.3 is 14.8 Å². The number of halogens is 1. The molecule has 1 aliphatic heterocycles. The van der Waals surface area contributed by atoms with Crippen LogP contribution in [-0.4, -0.2) is 45.7 Å². The Morgan fingerprint density at radius 2 is 2.12 bits per heavy atom. The summed E-state index contributed by atoms with van der Waals surface area (Å²) >= 11 is 3.40. The van der Waals surface area contributed by atoms with Crippen LogP contribution in [0.5, 0.6) is 0 Å². The number of nitrogens with zero attached hydrogens (tertiary/aromatic N) is 2. The maximum absolute atomic E-state index is 11.7. The zero-order valence-corrected chi connectivity index (χ0v) is 15.2. The molecule has 0 bridgehead atoms. The zero-order valence-electron chi connectivity index (χ0n) is 13.7. The molecule has 1 amide bonds. The Morgan fingerprint density at radius 3 is 2.76 bits per heavy atom. The first kappa shape index (κ1) is 17.5. The molecular formula is C17H18BrN3O4. The van der Waals surface area contributed by atoms with E-state index in [1.165, 1.54) is 12.0 Å². The molecule has 1 atom stereocenters. The lowest BCUT2D eigenvalue weighted by Gasteiger charge is -2.19. The molecule has 0 radical (unpaired) electrons. The highest BCUT2D eigenvalue weighted by Gasteiger charge is 2.33. The summed E-state index contributed by atoms with van der Waals surface area (Å²) in [5.41, 5.74) is 2.12. The smallest absolute Gasteiger partial charge is 0.407 e. The number of imidazole rings is 1. The minimum atomic E-state index is -0.960. The number of hydrogen-bond acceptors (Lipinski definition) is 4. The fraction of sp³-hybridized carbons (Fsp3) is 0.353. The average Bonchev–Trinajstić information content (AvgIpc) is 3.22. The van der Waals surface area contributed by atoms with Crippen molar-refractivity contribution in [2.24, 2.45) is 0 Å². The van der Waals surface area contributed by atoms with Gasteiger partial charge in [0.05, 0.1) is 31.0 Å². The van der Waals surface area contributed by atoms with Crippen LogP contribution in [0.3, 0.4) is 0 Å². The molecule has 0 aliphatic carbocycles. The van der Waals surface area contributed by atoms with E-state index < -0.39 is 6.09 Å². The van der Waals surface area contributed by atoms with Crippen molar-refractivity contribution >= 4 is 28.0 Å². The van der Waals surface area contributed by atoms with Crippen LogP contribution >= 0.6 is 15.9 Å². The summed E-state index contributed by atoms with van der Waals surface area (Å²) in [6.45, 7) is 0.487. The van der Waals surface area contributed by atoms with Gasteiger partial charge in [-0.05, 0) is 25.0 Å². The number of H-pyrrole nitrogens is 1. The minimum absolute atomic E-state index is 0.0503. The van der Waals surface area contributed by atoms with E-state index in [-0.39, 0.29) is 18.4 Å². The summed E-state index contributed by atoms with van der Waals surface area (Å²) in [5.74, 6) is 0.187. The lowest BCUT2D eigenvalue weighted by molar-refractivity contribution is -0.139. The number of rotatable bonds is 4. The van der Waals surface area contributed by atoms with Gasteiger partial charge in [0.1, 0.15) is 5.82 Å². The first-order valence-corrected chi connectivity index (χ1v) is 8.70. The van der Waals surface area contributed by atoms with Gasteiger partial charge in [0.2, 0.25) is 0 Å². The highest BCUT2D eigenvalue weighted by Crippen LogP contribution is 2.33. The second-order valence-electron chi connectivity index (χ2n) is 5.84. The Hall–Kier alpha value is -2.35. The number of carbonyl (C=O) groups excluding carboxylic acids is 1. The summed E-state index contributed by atoms with van der Waals surface area (Å²) in [6, 6.07) is 7.26. The lowest BCUT2D eigenvalue weighted by Crippen LogP contribution is -2.29. The number of aromatic nitrogens is 2. The normalized spacial score (nSPS) is 16.9. The summed E-state index contributed by atoms with van der Waals surface area (Å²) in [7, 11) is 1.34. The van der Waals surface area contributed by atoms with E-state index in [9.17, 15) is 14.7 Å². The van der Waals surface area contributed by atoms with Gasteiger partial charge in [-0.2, -0.15) is 0 Å². The van der Waals surface area contributed by atoms with Gasteiger partial charge in [-0.25, -0.2) is 9.78 Å². The molecule has 0 saturated carbocycles. The Kier molecular flexibility index (Phi) is 5.08. The molecule has 0 spiro atoms. The van der Waals surface area contributed by atoms with Gasteiger partial charge in [-0.15, -0.1) is 0 Å². The molecule has 25 heavy (non-hydrogen) atoms. The summed E-state index contributed by atoms with van der Waals surface area (Å²) in [5, 5.41) is 9.36. The molecule has 1 aliphatic rings. The van der Waals surface area contributed by atoms with Crippen molar-refractivity contribution in [3.05, 3.63) is 40.3 Å². The summed E-state index contributed by atoms with van der Waals surface area (Å²) in [4.78, 5) is 32.3. The van der Waals surface area contributed by atoms with E-state index in [4.69, 9.17) is 4.74 Å². The zero-order chi connectivity index (χ0) is 18.0. The Labute approximate surface area is 153 Å². The van der Waals surface area contributed by atoms with E-state index in [1.807, 2.05) is 24.3 Å². The molecule has 2 N–H and O–H groups in total. The van der Waals surface area contributed by atoms with Crippen molar-refractivity contribution in [3.63, 3.8) is 0 Å². The molecule has 7 nitrogen and oxygen atoms in total. The van der Waals surface area contributed by atoms with Crippen LogP contribution in [0.1, 0.15) is 30.4 Å². The number of aromatic amines is 1. The van der Waals surface area contributed by atoms with Crippen LogP contribution in [-0.2, 0) is 16.0 Å². The number of amides is 1. The molecule has 1 aromatic heterocycles. The van der Waals surface area contributed by atoms with Crippen molar-refractivity contribution in [2.45, 2.75) is 25.3 Å². The van der Waals surface area contributed by atoms with Crippen LogP contribution in [0, 0.1) is 0 Å². The Balaban J connectivity index is 2.00. The Morgan fingerprint density at radius 1 is 1.40 bits per heavy atom. The maximum atomic E-state index is 11.7. The molecule has 8 heteroatoms. The van der Waals surface area contributed by atoms with Crippen molar-refractivity contribution in [1.29, 1.82) is 0 Å². The number of ether oxygens (including phenoxy) is 1. The third-order valence-corrected chi connectivity index (χ3v) is 4.81. The number of esters is 1. The lowest BCUT2D eigenvalue weighted by atomic mass is 10.1. The predicted octanol–water partition coefficient (Wildman–Crippen LogP) is 3.37. The third kappa shape index (κ3) is 3.68. The number of nitrogens with one attached hydrogen (secondary N) is 1. The highest BCUT2D eigenvalue weighted by molar-refractivity contribution is 9.10. The number of likely N-dealkylation sites (tertiary alicyclic amines) is 1. The van der Waals surface area contributed by atoms with Crippen LogP contribution in [0.25, 0.3) is 11.3 Å². The molecule has 1 fully saturated rings. The standard InChI is InChI=1S/C17H18BrN3O4/c1-25-14(22)9-12-15(10-4-6-11(18)7-5-10)20-16(19-12)13-3-2-8-21(13)17(23)24/h4-7,13H,2-3,8-9H2,1H3,(H,19,20)(H,23,24). The van der Waals surface area contributed by atoms with E-state index in [0.717, 1.165) is 16.5 Å². The van der Waals surface area contributed by atoms with E-state index in [0.29, 0.717) is 30.2 Å². The molecule has 1 saturated heterocycles. The van der Waals surface area contributed by atoms with Crippen molar-refractivity contribution < 1.29 is 19.4 Å². The van der Waals surface area contributed by atoms with Crippen LogP contribution in [0.2, 0.25) is 0 Å². The van der Waals surface area contributed by atoms with Crippen molar-refractivity contribution in [1.82, 2.24) is 14.9 Å². The van der Waals surface area contributed by atoms with Gasteiger partial charge in [0.15, 0.2) is 0 Å². The van der Waals surface area contributed by atoms with Crippen LogP contribution in [0.15, 0.2) is 28.7 Å². The first-order chi connectivity index (χ1) is 12.0. The topological polar surface area (TPSA) is 95.5 Å². The second-order valence-corrected chi connectivity index (χ2v) is 6.76. The fourth-order valence-corrected chi connectivity index (χ4v) is 3.32. The van der Waals surface area contributed by atoms with Crippen molar-refractivity contribution in [2.75, 3.05) is 13.7 Å². The van der Waals surface area contributed by atoms with Gasteiger partial charge >= 0.3 is 12.1 Å². The second kappa shape index (κ2) is 7.26. The van der Waals surface area contributed by atoms with Gasteiger partial charge in [-0.1, -0.05) is 28.1 Å². The van der Waals surface area contributed by atoms with Gasteiger partial charge in [0, 0.05) is 16.6 Å². The minimum Gasteiger partial charge on any atom is -0.469 e. The monoisotopic (exact) mass is 407 g/mol. The predicted molar refractivity (Wildman–Crippen MR) is 94.1 cm³/mol. The van der Waals surface area contributed by atoms with Crippen LogP contribution in [0.4, 0.5) is 4.79 Å². The molecule has 2 heterocycles. The SMILES string of the molecule is COC(=O)Cc1[nH]c(C2CCCN2C(=O)O)nc1-c1ccc(Br)cc1. The Bertz CT molecular complexity index is 788. The van der Waals surface area contributed by atoms with Gasteiger partial charge in [0.25, 0.3) is 0 Å². The van der Waals surface area contributed by atoms with Gasteiger partial charge in [-0.3, -0.25) is 9.69 Å². The van der Waals surface area contributed by atoms with E-state index >= 15 is 0 Å². The molecule has 3 rings (SSSR count). The molecule has 1 unspecified atom stereocenters. The molecule has 132 valence electrons. The van der Waals surface area contributed by atoms with Crippen molar-refractivity contribution in [3.8, 4) is 11.3 Å². The van der Waals surface area contributed by atoms with E-state index in [2.05, 4.69) is 25.9 Å². The number of carboxylic acid groups (broad SMARTS) is 1. The number of benzene rings is 1. The van der Waals surface area contributed by atoms with E-state index in [1.54, 1.807) is 0 Å². The first-order valence-electron chi connectivity index (χ1n) is 7.90. The molecule has 2 aromatic rings. The fourth-order valence-electron chi connectivity index (χ4n) is 3.06. The average molecular weight is 408 g/mol. The highest BCUT2D eigenvalue weighted by atomic mass is 79.9. The quantitative estimate of drug-likeness (QED) is 0.757. The summed E-state index contributed by atoms with van der Waals surface area (Å²) in [6.07, 6.45) is 0.586. The third-order valence-electron chi connectivity index (χ3n) is 4.28. The number of carbonyl (C=O) groups is 2. The summed E-state index contributed by atoms with van der Waals surface area (Å²) < 4.78 is 5.70. The molecule has 1 aromatic carbocycles. The largest absolute Gasteiger partial charge is 0.469 e.